The van der Waals surface area contributed by atoms with E-state index in [-0.39, 0.29) is 12.6 Å². The summed E-state index contributed by atoms with van der Waals surface area (Å²) in [4.78, 5) is 0. The molecule has 3 N–H and O–H groups in total. The second-order valence-electron chi connectivity index (χ2n) is 5.53. The molecule has 5 nitrogen and oxygen atoms in total. The van der Waals surface area contributed by atoms with Gasteiger partial charge in [0, 0.05) is 30.9 Å². The van der Waals surface area contributed by atoms with Gasteiger partial charge in [0.05, 0.1) is 18.9 Å². The fourth-order valence-electron chi connectivity index (χ4n) is 2.41. The molecule has 2 atom stereocenters. The lowest BCUT2D eigenvalue weighted by atomic mass is 10.0. The number of aromatic nitrogens is 2. The minimum absolute atomic E-state index is 0.00695. The van der Waals surface area contributed by atoms with E-state index in [1.807, 2.05) is 47.4 Å². The molecule has 1 aromatic carbocycles. The molecule has 0 saturated carbocycles. The highest BCUT2D eigenvalue weighted by Gasteiger charge is 2.15. The van der Waals surface area contributed by atoms with E-state index in [0.29, 0.717) is 13.0 Å². The summed E-state index contributed by atoms with van der Waals surface area (Å²) >= 11 is 0. The molecule has 120 valence electrons. The Morgan fingerprint density at radius 3 is 2.73 bits per heavy atom. The maximum Gasteiger partial charge on any atom is 0.0805 e. The molecule has 1 heterocycles. The van der Waals surface area contributed by atoms with Crippen LogP contribution in [0.15, 0.2) is 42.7 Å². The molecule has 0 aliphatic carbocycles. The lowest BCUT2D eigenvalue weighted by molar-refractivity contribution is 0.129. The van der Waals surface area contributed by atoms with Crippen molar-refractivity contribution in [3.05, 3.63) is 53.9 Å². The van der Waals surface area contributed by atoms with Crippen LogP contribution in [0.4, 0.5) is 0 Å². The van der Waals surface area contributed by atoms with Gasteiger partial charge in [0.25, 0.3) is 0 Å². The van der Waals surface area contributed by atoms with Crippen molar-refractivity contribution in [2.45, 2.75) is 45.0 Å². The number of aryl methyl sites for hydroxylation is 1. The highest BCUT2D eigenvalue weighted by molar-refractivity contribution is 5.17. The Kier molecular flexibility index (Phi) is 6.58. The summed E-state index contributed by atoms with van der Waals surface area (Å²) in [5.41, 5.74) is 1.96. The summed E-state index contributed by atoms with van der Waals surface area (Å²) in [6.07, 6.45) is 4.80. The fourth-order valence-corrected chi connectivity index (χ4v) is 2.41. The summed E-state index contributed by atoms with van der Waals surface area (Å²) < 4.78 is 1.92. The molecule has 0 bridgehead atoms. The van der Waals surface area contributed by atoms with Crippen LogP contribution in [-0.2, 0) is 13.1 Å². The molecule has 0 amide bonds. The highest BCUT2D eigenvalue weighted by Crippen LogP contribution is 2.18. The predicted octanol–water partition coefficient (Wildman–Crippen LogP) is 1.87. The number of hydrogen-bond acceptors (Lipinski definition) is 4. The first-order chi connectivity index (χ1) is 10.7. The van der Waals surface area contributed by atoms with Crippen molar-refractivity contribution in [3.8, 4) is 0 Å². The Balaban J connectivity index is 1.83. The zero-order valence-corrected chi connectivity index (χ0v) is 13.0. The maximum absolute atomic E-state index is 10.2. The minimum atomic E-state index is -0.575. The third-order valence-electron chi connectivity index (χ3n) is 3.65. The van der Waals surface area contributed by atoms with Crippen molar-refractivity contribution in [1.82, 2.24) is 15.1 Å². The Bertz CT molecular complexity index is 542. The first-order valence-corrected chi connectivity index (χ1v) is 7.81. The summed E-state index contributed by atoms with van der Waals surface area (Å²) in [5.74, 6) is 0. The van der Waals surface area contributed by atoms with Crippen LogP contribution in [0, 0.1) is 0 Å². The molecule has 0 aliphatic heterocycles. The van der Waals surface area contributed by atoms with Crippen molar-refractivity contribution in [2.24, 2.45) is 0 Å². The van der Waals surface area contributed by atoms with Crippen LogP contribution in [0.5, 0.6) is 0 Å². The number of nitrogens with zero attached hydrogens (tertiary/aromatic N) is 2. The van der Waals surface area contributed by atoms with E-state index < -0.39 is 6.10 Å². The SMILES string of the molecule is CCCn1cc(CN[C@@H](CO)C[C@H](O)c2ccccc2)cn1. The van der Waals surface area contributed by atoms with Crippen molar-refractivity contribution >= 4 is 0 Å². The van der Waals surface area contributed by atoms with Crippen LogP contribution >= 0.6 is 0 Å². The van der Waals surface area contributed by atoms with Gasteiger partial charge in [-0.05, 0) is 18.4 Å². The van der Waals surface area contributed by atoms with Crippen molar-refractivity contribution in [2.75, 3.05) is 6.61 Å². The van der Waals surface area contributed by atoms with Gasteiger partial charge < -0.3 is 15.5 Å². The Hall–Kier alpha value is -1.69. The van der Waals surface area contributed by atoms with Gasteiger partial charge in [0.1, 0.15) is 0 Å². The Labute approximate surface area is 131 Å². The van der Waals surface area contributed by atoms with Crippen LogP contribution in [0.3, 0.4) is 0 Å². The first-order valence-electron chi connectivity index (χ1n) is 7.81. The summed E-state index contributed by atoms with van der Waals surface area (Å²) in [5, 5.41) is 27.3. The van der Waals surface area contributed by atoms with Crippen LogP contribution < -0.4 is 5.32 Å². The molecule has 1 aromatic heterocycles. The topological polar surface area (TPSA) is 70.3 Å². The van der Waals surface area contributed by atoms with Crippen LogP contribution in [-0.4, -0.2) is 32.6 Å². The zero-order valence-electron chi connectivity index (χ0n) is 13.0. The van der Waals surface area contributed by atoms with E-state index in [9.17, 15) is 10.2 Å². The number of benzene rings is 1. The monoisotopic (exact) mass is 303 g/mol. The second kappa shape index (κ2) is 8.68. The molecule has 2 aromatic rings. The highest BCUT2D eigenvalue weighted by atomic mass is 16.3. The van der Waals surface area contributed by atoms with Crippen LogP contribution in [0.25, 0.3) is 0 Å². The summed E-state index contributed by atoms with van der Waals surface area (Å²) in [6, 6.07) is 9.38. The maximum atomic E-state index is 10.2. The van der Waals surface area contributed by atoms with E-state index in [1.54, 1.807) is 0 Å². The first kappa shape index (κ1) is 16.7. The standard InChI is InChI=1S/C17H25N3O2/c1-2-8-20-12-14(11-19-20)10-18-16(13-21)9-17(22)15-6-4-3-5-7-15/h3-7,11-12,16-18,21-22H,2,8-10,13H2,1H3/t16-,17+/m1/s1. The average Bonchev–Trinajstić information content (AvgIpc) is 3.00. The molecule has 0 unspecified atom stereocenters. The summed E-state index contributed by atoms with van der Waals surface area (Å²) in [7, 11) is 0. The third-order valence-corrected chi connectivity index (χ3v) is 3.65. The number of hydrogen-bond donors (Lipinski definition) is 3. The van der Waals surface area contributed by atoms with Gasteiger partial charge in [0.15, 0.2) is 0 Å². The van der Waals surface area contributed by atoms with Gasteiger partial charge in [-0.2, -0.15) is 5.10 Å². The largest absolute Gasteiger partial charge is 0.395 e. The number of aliphatic hydroxyl groups is 2. The summed E-state index contributed by atoms with van der Waals surface area (Å²) in [6.45, 7) is 3.66. The van der Waals surface area contributed by atoms with Gasteiger partial charge in [-0.3, -0.25) is 4.68 Å². The van der Waals surface area contributed by atoms with E-state index in [2.05, 4.69) is 17.3 Å². The van der Waals surface area contributed by atoms with Crippen molar-refractivity contribution in [1.29, 1.82) is 0 Å². The molecule has 0 fully saturated rings. The third kappa shape index (κ3) is 4.94. The Morgan fingerprint density at radius 1 is 1.27 bits per heavy atom. The lowest BCUT2D eigenvalue weighted by Gasteiger charge is -2.19. The minimum Gasteiger partial charge on any atom is -0.395 e. The predicted molar refractivity (Wildman–Crippen MR) is 86.3 cm³/mol. The number of rotatable bonds is 9. The molecule has 0 spiro atoms. The quantitative estimate of drug-likeness (QED) is 0.661. The van der Waals surface area contributed by atoms with Gasteiger partial charge in [0.2, 0.25) is 0 Å². The number of aliphatic hydroxyl groups excluding tert-OH is 2. The fraction of sp³-hybridized carbons (Fsp3) is 0.471. The molecular weight excluding hydrogens is 278 g/mol. The van der Waals surface area contributed by atoms with Gasteiger partial charge >= 0.3 is 0 Å². The smallest absolute Gasteiger partial charge is 0.0805 e. The molecule has 2 rings (SSSR count). The lowest BCUT2D eigenvalue weighted by Crippen LogP contribution is -2.33. The van der Waals surface area contributed by atoms with Gasteiger partial charge in [-0.25, -0.2) is 0 Å². The molecule has 0 radical (unpaired) electrons. The Morgan fingerprint density at radius 2 is 2.05 bits per heavy atom. The van der Waals surface area contributed by atoms with E-state index >= 15 is 0 Å². The normalized spacial score (nSPS) is 14.0. The molecular formula is C17H25N3O2. The van der Waals surface area contributed by atoms with Crippen molar-refractivity contribution < 1.29 is 10.2 Å². The van der Waals surface area contributed by atoms with E-state index in [4.69, 9.17) is 0 Å². The molecule has 22 heavy (non-hydrogen) atoms. The van der Waals surface area contributed by atoms with Crippen LogP contribution in [0.2, 0.25) is 0 Å². The van der Waals surface area contributed by atoms with Crippen LogP contribution in [0.1, 0.15) is 37.0 Å². The average molecular weight is 303 g/mol. The molecule has 0 saturated heterocycles. The van der Waals surface area contributed by atoms with Gasteiger partial charge in [-0.1, -0.05) is 37.3 Å². The van der Waals surface area contributed by atoms with E-state index in [1.165, 1.54) is 0 Å². The van der Waals surface area contributed by atoms with Crippen molar-refractivity contribution in [3.63, 3.8) is 0 Å². The molecule has 5 heteroatoms. The van der Waals surface area contributed by atoms with E-state index in [0.717, 1.165) is 24.1 Å². The zero-order chi connectivity index (χ0) is 15.8. The van der Waals surface area contributed by atoms with Gasteiger partial charge in [-0.15, -0.1) is 0 Å². The number of nitrogens with one attached hydrogen (secondary N) is 1. The molecule has 0 aliphatic rings. The second-order valence-corrected chi connectivity index (χ2v) is 5.53.